The van der Waals surface area contributed by atoms with Crippen molar-refractivity contribution in [2.75, 3.05) is 6.54 Å². The molecule has 0 spiro atoms. The summed E-state index contributed by atoms with van der Waals surface area (Å²) in [6.45, 7) is 2.97. The monoisotopic (exact) mass is 277 g/mol. The van der Waals surface area contributed by atoms with Gasteiger partial charge in [0, 0.05) is 23.7 Å². The first-order valence-electron chi connectivity index (χ1n) is 6.81. The highest BCUT2D eigenvalue weighted by Crippen LogP contribution is 2.18. The van der Waals surface area contributed by atoms with E-state index in [0.717, 1.165) is 19.4 Å². The highest BCUT2D eigenvalue weighted by atomic mass is 16.6. The molecule has 20 heavy (non-hydrogen) atoms. The van der Waals surface area contributed by atoms with E-state index in [1.54, 1.807) is 18.2 Å². The van der Waals surface area contributed by atoms with E-state index in [9.17, 15) is 14.9 Å². The molecule has 1 saturated heterocycles. The molecule has 2 N–H and O–H groups in total. The average Bonchev–Trinajstić information content (AvgIpc) is 2.38. The highest BCUT2D eigenvalue weighted by molar-refractivity contribution is 5.80. The normalized spacial score (nSPS) is 22.2. The van der Waals surface area contributed by atoms with Gasteiger partial charge in [-0.1, -0.05) is 18.2 Å². The van der Waals surface area contributed by atoms with Crippen LogP contribution in [0.5, 0.6) is 0 Å². The molecule has 1 aromatic carbocycles. The molecule has 1 heterocycles. The van der Waals surface area contributed by atoms with Crippen molar-refractivity contribution < 1.29 is 9.72 Å². The van der Waals surface area contributed by atoms with Crippen LogP contribution in [0.3, 0.4) is 0 Å². The van der Waals surface area contributed by atoms with Crippen molar-refractivity contribution in [1.29, 1.82) is 0 Å². The number of amides is 1. The molecule has 1 aromatic rings. The second kappa shape index (κ2) is 6.47. The first-order valence-corrected chi connectivity index (χ1v) is 6.81. The van der Waals surface area contributed by atoms with Crippen molar-refractivity contribution in [2.45, 2.75) is 38.3 Å². The predicted octanol–water partition coefficient (Wildman–Crippen LogP) is 1.39. The van der Waals surface area contributed by atoms with E-state index in [4.69, 9.17) is 0 Å². The first kappa shape index (κ1) is 14.5. The number of carbonyl (C=O) groups is 1. The van der Waals surface area contributed by atoms with Crippen LogP contribution in [-0.2, 0) is 11.2 Å². The van der Waals surface area contributed by atoms with Crippen LogP contribution in [0.2, 0.25) is 0 Å². The van der Waals surface area contributed by atoms with Crippen molar-refractivity contribution in [3.8, 4) is 0 Å². The molecule has 2 atom stereocenters. The second-order valence-electron chi connectivity index (χ2n) is 5.21. The van der Waals surface area contributed by atoms with Gasteiger partial charge in [-0.25, -0.2) is 0 Å². The number of nitro groups is 1. The third kappa shape index (κ3) is 3.77. The van der Waals surface area contributed by atoms with Crippen LogP contribution in [0.1, 0.15) is 25.3 Å². The zero-order valence-corrected chi connectivity index (χ0v) is 11.5. The van der Waals surface area contributed by atoms with Gasteiger partial charge in [0.1, 0.15) is 0 Å². The number of nitro benzene ring substituents is 1. The number of hydrogen-bond acceptors (Lipinski definition) is 4. The van der Waals surface area contributed by atoms with Gasteiger partial charge in [-0.2, -0.15) is 0 Å². The molecule has 0 aromatic heterocycles. The van der Waals surface area contributed by atoms with Crippen LogP contribution in [0, 0.1) is 10.1 Å². The summed E-state index contributed by atoms with van der Waals surface area (Å²) < 4.78 is 0. The number of rotatable bonds is 4. The van der Waals surface area contributed by atoms with Crippen molar-refractivity contribution in [1.82, 2.24) is 10.6 Å². The molecule has 2 rings (SSSR count). The Morgan fingerprint density at radius 3 is 2.95 bits per heavy atom. The van der Waals surface area contributed by atoms with Gasteiger partial charge in [0.15, 0.2) is 0 Å². The van der Waals surface area contributed by atoms with E-state index >= 15 is 0 Å². The van der Waals surface area contributed by atoms with Crippen LogP contribution < -0.4 is 10.6 Å². The van der Waals surface area contributed by atoms with Gasteiger partial charge >= 0.3 is 0 Å². The minimum atomic E-state index is -0.449. The summed E-state index contributed by atoms with van der Waals surface area (Å²) in [5.74, 6) is -0.154. The number of hydrogen-bond donors (Lipinski definition) is 2. The van der Waals surface area contributed by atoms with Crippen LogP contribution in [0.15, 0.2) is 24.3 Å². The third-order valence-corrected chi connectivity index (χ3v) is 3.53. The molecule has 0 radical (unpaired) electrons. The minimum absolute atomic E-state index is 0.00123. The lowest BCUT2D eigenvalue weighted by Gasteiger charge is -2.28. The summed E-state index contributed by atoms with van der Waals surface area (Å²) >= 11 is 0. The van der Waals surface area contributed by atoms with E-state index in [-0.39, 0.29) is 24.1 Å². The standard InChI is InChI=1S/C14H19N3O3/c1-10-8-12(6-7-15-10)16-14(18)9-11-4-2-3-5-13(11)17(19)20/h2-5,10,12,15H,6-9H2,1H3,(H,16,18). The molecule has 1 amide bonds. The van der Waals surface area contributed by atoms with Gasteiger partial charge in [0.05, 0.1) is 11.3 Å². The van der Waals surface area contributed by atoms with Gasteiger partial charge in [0.25, 0.3) is 5.69 Å². The number of piperidine rings is 1. The molecule has 6 nitrogen and oxygen atoms in total. The number of benzene rings is 1. The van der Waals surface area contributed by atoms with Crippen molar-refractivity contribution in [3.05, 3.63) is 39.9 Å². The molecule has 0 aliphatic carbocycles. The molecule has 1 aliphatic rings. The van der Waals surface area contributed by atoms with E-state index in [1.807, 2.05) is 0 Å². The molecular weight excluding hydrogens is 258 g/mol. The first-order chi connectivity index (χ1) is 9.56. The third-order valence-electron chi connectivity index (χ3n) is 3.53. The number of nitrogens with one attached hydrogen (secondary N) is 2. The van der Waals surface area contributed by atoms with Crippen molar-refractivity contribution in [2.24, 2.45) is 0 Å². The lowest BCUT2D eigenvalue weighted by Crippen LogP contribution is -2.47. The molecular formula is C14H19N3O3. The Morgan fingerprint density at radius 1 is 1.50 bits per heavy atom. The maximum Gasteiger partial charge on any atom is 0.273 e. The van der Waals surface area contributed by atoms with Crippen LogP contribution in [0.25, 0.3) is 0 Å². The van der Waals surface area contributed by atoms with Gasteiger partial charge in [-0.3, -0.25) is 14.9 Å². The highest BCUT2D eigenvalue weighted by Gasteiger charge is 2.21. The van der Waals surface area contributed by atoms with Crippen molar-refractivity contribution in [3.63, 3.8) is 0 Å². The topological polar surface area (TPSA) is 84.3 Å². The Kier molecular flexibility index (Phi) is 4.68. The van der Waals surface area contributed by atoms with Gasteiger partial charge < -0.3 is 10.6 Å². The van der Waals surface area contributed by atoms with Gasteiger partial charge in [-0.05, 0) is 26.3 Å². The fraction of sp³-hybridized carbons (Fsp3) is 0.500. The minimum Gasteiger partial charge on any atom is -0.353 e. The predicted molar refractivity (Wildman–Crippen MR) is 75.4 cm³/mol. The second-order valence-corrected chi connectivity index (χ2v) is 5.21. The summed E-state index contributed by atoms with van der Waals surface area (Å²) in [5, 5.41) is 17.2. The molecule has 108 valence electrons. The molecule has 1 fully saturated rings. The fourth-order valence-electron chi connectivity index (χ4n) is 2.55. The zero-order chi connectivity index (χ0) is 14.5. The Hall–Kier alpha value is -1.95. The van der Waals surface area contributed by atoms with Crippen molar-refractivity contribution >= 4 is 11.6 Å². The summed E-state index contributed by atoms with van der Waals surface area (Å²) in [6.07, 6.45) is 1.84. The maximum atomic E-state index is 12.0. The Morgan fingerprint density at radius 2 is 2.25 bits per heavy atom. The molecule has 0 saturated carbocycles. The number of para-hydroxylation sites is 1. The van der Waals surface area contributed by atoms with E-state index < -0.39 is 4.92 Å². The van der Waals surface area contributed by atoms with E-state index in [0.29, 0.717) is 11.6 Å². The molecule has 2 unspecified atom stereocenters. The summed E-state index contributed by atoms with van der Waals surface area (Å²) in [4.78, 5) is 22.5. The smallest absolute Gasteiger partial charge is 0.273 e. The fourth-order valence-corrected chi connectivity index (χ4v) is 2.55. The van der Waals surface area contributed by atoms with Crippen LogP contribution in [-0.4, -0.2) is 29.5 Å². The lowest BCUT2D eigenvalue weighted by atomic mass is 10.00. The quantitative estimate of drug-likeness (QED) is 0.643. The Labute approximate surface area is 117 Å². The maximum absolute atomic E-state index is 12.0. The van der Waals surface area contributed by atoms with Crippen LogP contribution in [0.4, 0.5) is 5.69 Å². The average molecular weight is 277 g/mol. The Balaban J connectivity index is 1.96. The van der Waals surface area contributed by atoms with E-state index in [1.165, 1.54) is 6.07 Å². The number of nitrogens with zero attached hydrogens (tertiary/aromatic N) is 1. The summed E-state index contributed by atoms with van der Waals surface area (Å²) in [6, 6.07) is 6.91. The molecule has 1 aliphatic heterocycles. The number of carbonyl (C=O) groups excluding carboxylic acids is 1. The van der Waals surface area contributed by atoms with Crippen LogP contribution >= 0.6 is 0 Å². The lowest BCUT2D eigenvalue weighted by molar-refractivity contribution is -0.385. The largest absolute Gasteiger partial charge is 0.353 e. The Bertz CT molecular complexity index is 504. The zero-order valence-electron chi connectivity index (χ0n) is 11.5. The van der Waals surface area contributed by atoms with E-state index in [2.05, 4.69) is 17.6 Å². The van der Waals surface area contributed by atoms with Gasteiger partial charge in [0.2, 0.25) is 5.91 Å². The molecule has 0 bridgehead atoms. The van der Waals surface area contributed by atoms with Gasteiger partial charge in [-0.15, -0.1) is 0 Å². The summed E-state index contributed by atoms with van der Waals surface area (Å²) in [5.41, 5.74) is 0.457. The molecule has 6 heteroatoms. The summed E-state index contributed by atoms with van der Waals surface area (Å²) in [7, 11) is 0. The SMILES string of the molecule is CC1CC(NC(=O)Cc2ccccc2[N+](=O)[O-])CCN1.